The van der Waals surface area contributed by atoms with Gasteiger partial charge in [-0.1, -0.05) is 23.2 Å². The standard InChI is InChI=1S/C10H14Cl2N2O2/c1-2-14(4-3-5-15)10(16)8-6-7(11)9(12)13-8/h6,13,15H,2-5H2,1H3. The Hall–Kier alpha value is -0.710. The lowest BCUT2D eigenvalue weighted by Crippen LogP contribution is -2.32. The molecule has 0 aliphatic carbocycles. The van der Waals surface area contributed by atoms with Crippen LogP contribution in [0, 0.1) is 0 Å². The van der Waals surface area contributed by atoms with E-state index in [1.807, 2.05) is 6.92 Å². The van der Waals surface area contributed by atoms with E-state index in [9.17, 15) is 4.79 Å². The van der Waals surface area contributed by atoms with Crippen LogP contribution in [0.3, 0.4) is 0 Å². The Morgan fingerprint density at radius 2 is 2.25 bits per heavy atom. The van der Waals surface area contributed by atoms with Crippen LogP contribution in [0.15, 0.2) is 6.07 Å². The summed E-state index contributed by atoms with van der Waals surface area (Å²) in [5.74, 6) is -0.162. The summed E-state index contributed by atoms with van der Waals surface area (Å²) in [5.41, 5.74) is 0.370. The van der Waals surface area contributed by atoms with Gasteiger partial charge in [0.05, 0.1) is 5.02 Å². The second-order valence-electron chi connectivity index (χ2n) is 3.31. The normalized spacial score (nSPS) is 10.5. The first-order valence-corrected chi connectivity index (χ1v) is 5.79. The quantitative estimate of drug-likeness (QED) is 0.857. The topological polar surface area (TPSA) is 56.3 Å². The van der Waals surface area contributed by atoms with Crippen LogP contribution in [0.1, 0.15) is 23.8 Å². The fraction of sp³-hybridized carbons (Fsp3) is 0.500. The summed E-state index contributed by atoms with van der Waals surface area (Å²) in [6, 6.07) is 1.51. The minimum Gasteiger partial charge on any atom is -0.396 e. The molecule has 0 saturated heterocycles. The molecule has 1 aromatic heterocycles. The summed E-state index contributed by atoms with van der Waals surface area (Å²) < 4.78 is 0. The Morgan fingerprint density at radius 3 is 2.69 bits per heavy atom. The Bertz CT molecular complexity index is 346. The number of hydrogen-bond donors (Lipinski definition) is 2. The molecule has 16 heavy (non-hydrogen) atoms. The van der Waals surface area contributed by atoms with Crippen molar-refractivity contribution < 1.29 is 9.90 Å². The molecular weight excluding hydrogens is 251 g/mol. The Morgan fingerprint density at radius 1 is 1.56 bits per heavy atom. The molecule has 0 radical (unpaired) electrons. The van der Waals surface area contributed by atoms with E-state index in [0.717, 1.165) is 0 Å². The smallest absolute Gasteiger partial charge is 0.270 e. The number of carbonyl (C=O) groups excluding carboxylic acids is 1. The van der Waals surface area contributed by atoms with E-state index in [0.29, 0.717) is 30.2 Å². The van der Waals surface area contributed by atoms with E-state index >= 15 is 0 Å². The molecule has 0 aliphatic heterocycles. The number of carbonyl (C=O) groups is 1. The number of nitrogens with one attached hydrogen (secondary N) is 1. The van der Waals surface area contributed by atoms with Gasteiger partial charge < -0.3 is 15.0 Å². The molecule has 0 unspecified atom stereocenters. The SMILES string of the molecule is CCN(CCCO)C(=O)c1cc(Cl)c(Cl)[nH]1. The van der Waals surface area contributed by atoms with Crippen LogP contribution < -0.4 is 0 Å². The second kappa shape index (κ2) is 6.13. The van der Waals surface area contributed by atoms with Crippen LogP contribution in [0.5, 0.6) is 0 Å². The van der Waals surface area contributed by atoms with Crippen LogP contribution in [-0.4, -0.2) is 40.6 Å². The Labute approximate surface area is 104 Å². The lowest BCUT2D eigenvalue weighted by molar-refractivity contribution is 0.0749. The van der Waals surface area contributed by atoms with Crippen molar-refractivity contribution in [1.29, 1.82) is 0 Å². The van der Waals surface area contributed by atoms with Crippen LogP contribution >= 0.6 is 23.2 Å². The number of amides is 1. The van der Waals surface area contributed by atoms with E-state index in [4.69, 9.17) is 28.3 Å². The van der Waals surface area contributed by atoms with Crippen molar-refractivity contribution in [2.45, 2.75) is 13.3 Å². The zero-order valence-corrected chi connectivity index (χ0v) is 10.5. The van der Waals surface area contributed by atoms with Crippen molar-refractivity contribution in [1.82, 2.24) is 9.88 Å². The minimum atomic E-state index is -0.162. The second-order valence-corrected chi connectivity index (χ2v) is 4.09. The monoisotopic (exact) mass is 264 g/mol. The van der Waals surface area contributed by atoms with Crippen molar-refractivity contribution >= 4 is 29.1 Å². The molecule has 0 atom stereocenters. The number of rotatable bonds is 5. The van der Waals surface area contributed by atoms with Crippen molar-refractivity contribution in [3.63, 3.8) is 0 Å². The van der Waals surface area contributed by atoms with E-state index in [-0.39, 0.29) is 17.7 Å². The Balaban J connectivity index is 2.74. The molecule has 1 aromatic rings. The predicted octanol–water partition coefficient (Wildman–Crippen LogP) is 2.17. The van der Waals surface area contributed by atoms with Crippen molar-refractivity contribution in [3.05, 3.63) is 21.9 Å². The highest BCUT2D eigenvalue weighted by atomic mass is 35.5. The van der Waals surface area contributed by atoms with Crippen LogP contribution in [-0.2, 0) is 0 Å². The number of hydrogen-bond acceptors (Lipinski definition) is 2. The maximum absolute atomic E-state index is 11.9. The van der Waals surface area contributed by atoms with E-state index in [1.54, 1.807) is 4.90 Å². The van der Waals surface area contributed by atoms with Crippen LogP contribution in [0.25, 0.3) is 0 Å². The first kappa shape index (κ1) is 13.4. The summed E-state index contributed by atoms with van der Waals surface area (Å²) in [7, 11) is 0. The maximum atomic E-state index is 11.9. The molecule has 90 valence electrons. The molecule has 0 aromatic carbocycles. The van der Waals surface area contributed by atoms with Gasteiger partial charge in [0.2, 0.25) is 0 Å². The number of aliphatic hydroxyl groups is 1. The van der Waals surface area contributed by atoms with Crippen molar-refractivity contribution in [2.24, 2.45) is 0 Å². The fourth-order valence-electron chi connectivity index (χ4n) is 1.35. The van der Waals surface area contributed by atoms with Gasteiger partial charge in [-0.2, -0.15) is 0 Å². The van der Waals surface area contributed by atoms with Crippen molar-refractivity contribution in [3.8, 4) is 0 Å². The van der Waals surface area contributed by atoms with E-state index < -0.39 is 0 Å². The first-order valence-electron chi connectivity index (χ1n) is 5.04. The molecule has 0 fully saturated rings. The molecule has 2 N–H and O–H groups in total. The highest BCUT2D eigenvalue weighted by Gasteiger charge is 2.17. The highest BCUT2D eigenvalue weighted by molar-refractivity contribution is 6.41. The van der Waals surface area contributed by atoms with E-state index in [1.165, 1.54) is 6.07 Å². The number of aromatic nitrogens is 1. The zero-order valence-electron chi connectivity index (χ0n) is 8.96. The maximum Gasteiger partial charge on any atom is 0.270 e. The Kier molecular flexibility index (Phi) is 5.12. The molecule has 0 aliphatic rings. The zero-order chi connectivity index (χ0) is 12.1. The number of aromatic amines is 1. The summed E-state index contributed by atoms with van der Waals surface area (Å²) >= 11 is 11.5. The fourth-order valence-corrected chi connectivity index (χ4v) is 1.67. The highest BCUT2D eigenvalue weighted by Crippen LogP contribution is 2.22. The minimum absolute atomic E-state index is 0.0655. The third-order valence-electron chi connectivity index (χ3n) is 2.21. The van der Waals surface area contributed by atoms with Crippen LogP contribution in [0.4, 0.5) is 0 Å². The lowest BCUT2D eigenvalue weighted by Gasteiger charge is -2.19. The van der Waals surface area contributed by atoms with Crippen LogP contribution in [0.2, 0.25) is 10.2 Å². The van der Waals surface area contributed by atoms with E-state index in [2.05, 4.69) is 4.98 Å². The van der Waals surface area contributed by atoms with Gasteiger partial charge in [-0.05, 0) is 19.4 Å². The molecule has 1 rings (SSSR count). The van der Waals surface area contributed by atoms with Gasteiger partial charge in [-0.3, -0.25) is 4.79 Å². The number of aliphatic hydroxyl groups excluding tert-OH is 1. The molecular formula is C10H14Cl2N2O2. The van der Waals surface area contributed by atoms with Gasteiger partial charge in [0.15, 0.2) is 0 Å². The molecule has 0 saturated carbocycles. The van der Waals surface area contributed by atoms with Gasteiger partial charge in [-0.15, -0.1) is 0 Å². The summed E-state index contributed by atoms with van der Waals surface area (Å²) in [5, 5.41) is 9.33. The summed E-state index contributed by atoms with van der Waals surface area (Å²) in [6.07, 6.45) is 0.557. The average Bonchev–Trinajstić information content (AvgIpc) is 2.60. The lowest BCUT2D eigenvalue weighted by atomic mass is 10.3. The third kappa shape index (κ3) is 3.14. The largest absolute Gasteiger partial charge is 0.396 e. The van der Waals surface area contributed by atoms with Crippen molar-refractivity contribution in [2.75, 3.05) is 19.7 Å². The molecule has 4 nitrogen and oxygen atoms in total. The van der Waals surface area contributed by atoms with Gasteiger partial charge >= 0.3 is 0 Å². The van der Waals surface area contributed by atoms with Gasteiger partial charge in [-0.25, -0.2) is 0 Å². The number of nitrogens with zero attached hydrogens (tertiary/aromatic N) is 1. The number of H-pyrrole nitrogens is 1. The summed E-state index contributed by atoms with van der Waals surface area (Å²) in [4.78, 5) is 16.3. The number of halogens is 2. The third-order valence-corrected chi connectivity index (χ3v) is 2.90. The molecule has 0 spiro atoms. The van der Waals surface area contributed by atoms with Gasteiger partial charge in [0.25, 0.3) is 5.91 Å². The van der Waals surface area contributed by atoms with Gasteiger partial charge in [0, 0.05) is 19.7 Å². The first-order chi connectivity index (χ1) is 7.60. The molecule has 0 bridgehead atoms. The molecule has 6 heteroatoms. The molecule has 1 amide bonds. The average molecular weight is 265 g/mol. The van der Waals surface area contributed by atoms with Gasteiger partial charge in [0.1, 0.15) is 10.8 Å². The summed E-state index contributed by atoms with van der Waals surface area (Å²) in [6.45, 7) is 3.03. The molecule has 1 heterocycles. The predicted molar refractivity (Wildman–Crippen MR) is 64.1 cm³/mol.